The van der Waals surface area contributed by atoms with Crippen molar-refractivity contribution in [3.8, 4) is 16.8 Å². The van der Waals surface area contributed by atoms with E-state index in [4.69, 9.17) is 9.47 Å². The SMILES string of the molecule is COC1(OC)c2cccc3c2-c2c4c(cccc4[n+](-c4ccccc4)c4cccc1c24)N3c1ccccc1.F[B-](F)(F)F. The molecule has 0 spiro atoms. The summed E-state index contributed by atoms with van der Waals surface area (Å²) in [5, 5.41) is 2.38. The van der Waals surface area contributed by atoms with Gasteiger partial charge >= 0.3 is 7.25 Å². The molecule has 4 nitrogen and oxygen atoms in total. The second-order valence-electron chi connectivity index (χ2n) is 10.3. The number of benzene rings is 5. The number of anilines is 3. The molecule has 1 aliphatic heterocycles. The third-order valence-corrected chi connectivity index (χ3v) is 8.13. The van der Waals surface area contributed by atoms with E-state index < -0.39 is 13.0 Å². The van der Waals surface area contributed by atoms with E-state index in [2.05, 4.69) is 125 Å². The van der Waals surface area contributed by atoms with Crippen LogP contribution in [0, 0.1) is 0 Å². The minimum atomic E-state index is -6.00. The minimum Gasteiger partial charge on any atom is -0.418 e. The highest BCUT2D eigenvalue weighted by molar-refractivity contribution is 6.50. The Kier molecular flexibility index (Phi) is 6.27. The minimum absolute atomic E-state index is 1.02. The maximum atomic E-state index is 9.75. The summed E-state index contributed by atoms with van der Waals surface area (Å²) in [5.74, 6) is -1.03. The quantitative estimate of drug-likeness (QED) is 0.0684. The summed E-state index contributed by atoms with van der Waals surface area (Å²) < 4.78 is 54.0. The highest BCUT2D eigenvalue weighted by Gasteiger charge is 2.48. The zero-order chi connectivity index (χ0) is 29.9. The largest absolute Gasteiger partial charge is 0.673 e. The molecule has 0 bridgehead atoms. The third-order valence-electron chi connectivity index (χ3n) is 8.13. The highest BCUT2D eigenvalue weighted by Crippen LogP contribution is 2.59. The van der Waals surface area contributed by atoms with Gasteiger partial charge in [0, 0.05) is 66.4 Å². The topological polar surface area (TPSA) is 25.6 Å². The number of hydrogen-bond acceptors (Lipinski definition) is 3. The van der Waals surface area contributed by atoms with E-state index in [1.807, 2.05) is 0 Å². The summed E-state index contributed by atoms with van der Waals surface area (Å²) in [6.07, 6.45) is 0. The van der Waals surface area contributed by atoms with Gasteiger partial charge in [0.05, 0.1) is 22.1 Å². The van der Waals surface area contributed by atoms with E-state index in [9.17, 15) is 17.3 Å². The van der Waals surface area contributed by atoms with Crippen LogP contribution in [0.3, 0.4) is 0 Å². The molecule has 0 fully saturated rings. The zero-order valence-corrected chi connectivity index (χ0v) is 23.3. The van der Waals surface area contributed by atoms with Crippen molar-refractivity contribution in [2.75, 3.05) is 19.1 Å². The molecule has 0 radical (unpaired) electrons. The predicted molar refractivity (Wildman–Crippen MR) is 162 cm³/mol. The number of nitrogens with zero attached hydrogens (tertiary/aromatic N) is 2. The van der Waals surface area contributed by atoms with Gasteiger partial charge in [-0.1, -0.05) is 66.7 Å². The second kappa shape index (κ2) is 9.93. The number of ether oxygens (including phenoxy) is 2. The van der Waals surface area contributed by atoms with Crippen molar-refractivity contribution in [1.29, 1.82) is 0 Å². The van der Waals surface area contributed by atoms with Crippen LogP contribution in [0.25, 0.3) is 38.6 Å². The van der Waals surface area contributed by atoms with E-state index >= 15 is 0 Å². The lowest BCUT2D eigenvalue weighted by Gasteiger charge is -2.42. The van der Waals surface area contributed by atoms with Gasteiger partial charge in [0.2, 0.25) is 22.5 Å². The van der Waals surface area contributed by atoms with Crippen molar-refractivity contribution < 1.29 is 31.3 Å². The first-order chi connectivity index (χ1) is 20.8. The van der Waals surface area contributed by atoms with Gasteiger partial charge in [0.15, 0.2) is 0 Å². The molecule has 0 amide bonds. The molecule has 9 heteroatoms. The van der Waals surface area contributed by atoms with E-state index in [0.29, 0.717) is 0 Å². The normalized spacial score (nSPS) is 14.1. The first-order valence-electron chi connectivity index (χ1n) is 13.7. The van der Waals surface area contributed by atoms with Gasteiger partial charge in [-0.15, -0.1) is 0 Å². The summed E-state index contributed by atoms with van der Waals surface area (Å²) in [7, 11) is -2.52. The van der Waals surface area contributed by atoms with Crippen LogP contribution < -0.4 is 9.47 Å². The summed E-state index contributed by atoms with van der Waals surface area (Å²) in [6.45, 7) is 0. The van der Waals surface area contributed by atoms with Gasteiger partial charge < -0.3 is 31.6 Å². The van der Waals surface area contributed by atoms with Crippen LogP contribution in [-0.2, 0) is 15.3 Å². The molecule has 0 unspecified atom stereocenters. The molecule has 6 aromatic rings. The molecule has 1 aromatic heterocycles. The lowest BCUT2D eigenvalue weighted by atomic mass is 9.76. The first-order valence-corrected chi connectivity index (χ1v) is 13.7. The van der Waals surface area contributed by atoms with Gasteiger partial charge in [0.1, 0.15) is 0 Å². The molecule has 0 atom stereocenters. The van der Waals surface area contributed by atoms with E-state index in [0.717, 1.165) is 55.9 Å². The van der Waals surface area contributed by atoms with Crippen LogP contribution in [0.15, 0.2) is 115 Å². The Balaban J connectivity index is 0.000000558. The van der Waals surface area contributed by atoms with Crippen LogP contribution in [0.5, 0.6) is 0 Å². The summed E-state index contributed by atoms with van der Waals surface area (Å²) in [4.78, 5) is 2.37. The standard InChI is InChI=1S/C34H25N2O2.BF4/c1-37-34(38-2)24-16-9-18-26-30(24)33-31-25(34)17-10-19-27(31)36(23-14-7-4-8-15-23)29-21-11-20-28(32(29)33)35(26)22-12-5-3-6-13-22;2-1(3,4)5/h3-21H,1-2H3;/q+1;-1. The smallest absolute Gasteiger partial charge is 0.418 e. The molecule has 1 aliphatic carbocycles. The summed E-state index contributed by atoms with van der Waals surface area (Å²) >= 11 is 0. The van der Waals surface area contributed by atoms with E-state index in [-0.39, 0.29) is 0 Å². The third kappa shape index (κ3) is 4.03. The fourth-order valence-electron chi connectivity index (χ4n) is 6.70. The van der Waals surface area contributed by atoms with Gasteiger partial charge in [-0.05, 0) is 24.3 Å². The molecule has 214 valence electrons. The van der Waals surface area contributed by atoms with Crippen LogP contribution in [0.2, 0.25) is 0 Å². The molecule has 8 rings (SSSR count). The number of rotatable bonds is 4. The average Bonchev–Trinajstić information content (AvgIpc) is 3.02. The maximum Gasteiger partial charge on any atom is 0.673 e. The van der Waals surface area contributed by atoms with Crippen molar-refractivity contribution in [1.82, 2.24) is 0 Å². The molecule has 0 saturated carbocycles. The fraction of sp³-hybridized carbons (Fsp3) is 0.0882. The number of methoxy groups -OCH3 is 2. The van der Waals surface area contributed by atoms with Gasteiger partial charge in [-0.2, -0.15) is 4.57 Å². The van der Waals surface area contributed by atoms with Gasteiger partial charge in [0.25, 0.3) is 0 Å². The molecule has 2 heterocycles. The van der Waals surface area contributed by atoms with E-state index in [1.165, 1.54) is 10.9 Å². The van der Waals surface area contributed by atoms with Crippen molar-refractivity contribution in [2.24, 2.45) is 0 Å². The number of para-hydroxylation sites is 2. The predicted octanol–water partition coefficient (Wildman–Crippen LogP) is 8.83. The Labute approximate surface area is 245 Å². The molecule has 0 N–H and O–H groups in total. The molecule has 0 saturated heterocycles. The van der Waals surface area contributed by atoms with Gasteiger partial charge in [-0.25, -0.2) is 0 Å². The number of aromatic nitrogens is 1. The van der Waals surface area contributed by atoms with Gasteiger partial charge in [-0.3, -0.25) is 0 Å². The Morgan fingerprint density at radius 1 is 0.581 bits per heavy atom. The second-order valence-corrected chi connectivity index (χ2v) is 10.3. The Morgan fingerprint density at radius 3 is 1.77 bits per heavy atom. The van der Waals surface area contributed by atoms with Crippen molar-refractivity contribution in [2.45, 2.75) is 5.79 Å². The van der Waals surface area contributed by atoms with Crippen LogP contribution in [0.4, 0.5) is 34.3 Å². The van der Waals surface area contributed by atoms with E-state index in [1.54, 1.807) is 14.2 Å². The molecular formula is C34H25BF4N2O2. The van der Waals surface area contributed by atoms with Crippen molar-refractivity contribution in [3.05, 3.63) is 126 Å². The Bertz CT molecular complexity index is 2010. The maximum absolute atomic E-state index is 9.75. The molecular weight excluding hydrogens is 555 g/mol. The Hall–Kier alpha value is -4.73. The molecule has 2 aliphatic rings. The highest BCUT2D eigenvalue weighted by atomic mass is 19.5. The van der Waals surface area contributed by atoms with Crippen molar-refractivity contribution >= 4 is 46.1 Å². The van der Waals surface area contributed by atoms with Crippen LogP contribution in [-0.4, -0.2) is 21.5 Å². The summed E-state index contributed by atoms with van der Waals surface area (Å²) in [5.41, 5.74) is 11.3. The number of halogens is 4. The lowest BCUT2D eigenvalue weighted by molar-refractivity contribution is -0.538. The first kappa shape index (κ1) is 27.1. The molecule has 5 aromatic carbocycles. The number of pyridine rings is 1. The molecule has 43 heavy (non-hydrogen) atoms. The zero-order valence-electron chi connectivity index (χ0n) is 23.3. The Morgan fingerprint density at radius 2 is 1.12 bits per heavy atom. The fourth-order valence-corrected chi connectivity index (χ4v) is 6.70. The lowest BCUT2D eigenvalue weighted by Crippen LogP contribution is -2.39. The number of hydrogen-bond donors (Lipinski definition) is 0. The van der Waals surface area contributed by atoms with Crippen LogP contribution >= 0.6 is 0 Å². The van der Waals surface area contributed by atoms with Crippen molar-refractivity contribution in [3.63, 3.8) is 0 Å². The average molecular weight is 580 g/mol. The summed E-state index contributed by atoms with van der Waals surface area (Å²) in [6, 6.07) is 40.8. The monoisotopic (exact) mass is 580 g/mol. The van der Waals surface area contributed by atoms with Crippen LogP contribution in [0.1, 0.15) is 11.1 Å².